The van der Waals surface area contributed by atoms with Crippen LogP contribution >= 0.6 is 0 Å². The lowest BCUT2D eigenvalue weighted by Gasteiger charge is -2.22. The summed E-state index contributed by atoms with van der Waals surface area (Å²) >= 11 is 0. The lowest BCUT2D eigenvalue weighted by atomic mass is 9.83. The SMILES string of the molecule is COc1c2cc(C(C)(C)C)cc1c(=O)c1cc(C(C)(C)C)cc3c(=O)c4cc(C(C)(C)C)cc(c(=O)c5cc(C(C)(C)C)cc6c(=O)c7cc(C(C)(C)C)cc(c(=O)c8cc(C(C)(C)C)cc(c8OC)c2=O)c7oc65)c4oc13. The Morgan fingerprint density at radius 2 is 0.372 bits per heavy atom. The molecular formula is C68H72O10. The molecule has 9 aromatic rings. The Morgan fingerprint density at radius 3 is 0.513 bits per heavy atom. The summed E-state index contributed by atoms with van der Waals surface area (Å²) < 4.78 is 26.4. The summed E-state index contributed by atoms with van der Waals surface area (Å²) in [7, 11) is 2.78. The zero-order chi connectivity index (χ0) is 57.6. The maximum Gasteiger partial charge on any atom is 0.200 e. The van der Waals surface area contributed by atoms with Gasteiger partial charge in [-0.2, -0.15) is 0 Å². The van der Waals surface area contributed by atoms with Crippen molar-refractivity contribution in [3.8, 4) is 11.5 Å². The van der Waals surface area contributed by atoms with Gasteiger partial charge >= 0.3 is 0 Å². The van der Waals surface area contributed by atoms with E-state index in [-0.39, 0.29) is 98.5 Å². The van der Waals surface area contributed by atoms with E-state index in [4.69, 9.17) is 18.3 Å². The minimum atomic E-state index is -0.641. The van der Waals surface area contributed by atoms with Crippen LogP contribution < -0.4 is 42.0 Å². The summed E-state index contributed by atoms with van der Waals surface area (Å²) in [6.07, 6.45) is 0. The highest BCUT2D eigenvalue weighted by Gasteiger charge is 2.29. The largest absolute Gasteiger partial charge is 0.495 e. The highest BCUT2D eigenvalue weighted by Crippen LogP contribution is 2.39. The zero-order valence-corrected chi connectivity index (χ0v) is 49.0. The second-order valence-electron chi connectivity index (χ2n) is 27.5. The van der Waals surface area contributed by atoms with Crippen molar-refractivity contribution in [2.24, 2.45) is 0 Å². The highest BCUT2D eigenvalue weighted by atomic mass is 16.5. The molecule has 3 heterocycles. The number of methoxy groups -OCH3 is 2. The fourth-order valence-electron chi connectivity index (χ4n) is 10.3. The third-order valence-electron chi connectivity index (χ3n) is 15.5. The van der Waals surface area contributed by atoms with E-state index >= 15 is 28.8 Å². The minimum absolute atomic E-state index is 0.00457. The molecule has 9 rings (SSSR count). The molecule has 0 unspecified atom stereocenters. The smallest absolute Gasteiger partial charge is 0.200 e. The lowest BCUT2D eigenvalue weighted by Crippen LogP contribution is -2.18. The first kappa shape index (κ1) is 55.3. The van der Waals surface area contributed by atoms with Crippen molar-refractivity contribution in [3.63, 3.8) is 0 Å². The number of benzene rings is 6. The van der Waals surface area contributed by atoms with Crippen LogP contribution in [0.2, 0.25) is 0 Å². The van der Waals surface area contributed by atoms with E-state index in [2.05, 4.69) is 0 Å². The van der Waals surface area contributed by atoms with Crippen molar-refractivity contribution in [3.05, 3.63) is 168 Å². The fourth-order valence-corrected chi connectivity index (χ4v) is 10.3. The molecule has 0 aliphatic heterocycles. The molecule has 0 radical (unpaired) electrons. The quantitative estimate of drug-likeness (QED) is 0.153. The Bertz CT molecular complexity index is 4290. The van der Waals surface area contributed by atoms with E-state index in [1.54, 1.807) is 72.8 Å². The monoisotopic (exact) mass is 1050 g/mol. The third kappa shape index (κ3) is 9.18. The van der Waals surface area contributed by atoms with Crippen LogP contribution in [-0.4, -0.2) is 14.2 Å². The van der Waals surface area contributed by atoms with E-state index in [1.807, 2.05) is 125 Å². The molecule has 8 bridgehead atoms. The zero-order valence-electron chi connectivity index (χ0n) is 49.0. The molecule has 0 amide bonds. The molecule has 0 saturated carbocycles. The van der Waals surface area contributed by atoms with Crippen LogP contribution in [0.25, 0.3) is 87.0 Å². The fraction of sp³-hybridized carbons (Fsp3) is 0.382. The van der Waals surface area contributed by atoms with Crippen LogP contribution in [0.4, 0.5) is 0 Å². The van der Waals surface area contributed by atoms with Gasteiger partial charge in [-0.25, -0.2) is 0 Å². The van der Waals surface area contributed by atoms with Gasteiger partial charge in [0.2, 0.25) is 32.6 Å². The summed E-state index contributed by atoms with van der Waals surface area (Å²) in [5.74, 6) is -0.0971. The van der Waals surface area contributed by atoms with E-state index in [0.717, 1.165) is 0 Å². The molecule has 6 aromatic carbocycles. The first-order chi connectivity index (χ1) is 35.9. The molecule has 78 heavy (non-hydrogen) atoms. The summed E-state index contributed by atoms with van der Waals surface area (Å²) in [6, 6.07) is 20.6. The Labute approximate surface area is 453 Å². The molecule has 0 spiro atoms. The van der Waals surface area contributed by atoms with Crippen LogP contribution in [0.5, 0.6) is 11.5 Å². The van der Waals surface area contributed by atoms with Gasteiger partial charge in [0.25, 0.3) is 0 Å². The molecule has 10 nitrogen and oxygen atoms in total. The average molecular weight is 1050 g/mol. The third-order valence-corrected chi connectivity index (χ3v) is 15.5. The van der Waals surface area contributed by atoms with Gasteiger partial charge in [0, 0.05) is 0 Å². The number of fused-ring (bicyclic) bond motifs is 4. The number of ether oxygens (including phenoxy) is 2. The topological polar surface area (TPSA) is 147 Å². The molecule has 3 aromatic heterocycles. The van der Waals surface area contributed by atoms with E-state index in [9.17, 15) is 0 Å². The average Bonchev–Trinajstić information content (AvgIpc) is 3.43. The first-order valence-electron chi connectivity index (χ1n) is 26.7. The second-order valence-corrected chi connectivity index (χ2v) is 27.5. The second kappa shape index (κ2) is 18.0. The number of hydrogen-bond acceptors (Lipinski definition) is 10. The molecule has 404 valence electrons. The summed E-state index contributed by atoms with van der Waals surface area (Å²) in [5.41, 5.74) is -3.45. The standard InChI is InChI=1S/C68H72O10/c1-63(2,3)33-21-39-51(69)40-22-34(64(4,5)6)24-42(58(40)76-20)53(71)44-26-36(66(10,11)12)28-46-55(73)48-30-38(68(16,17)18)32-50(62(48)78-60(44)46)56(74)49-31-37(67(13,14)15)29-47-54(72)45-27-35(65(7,8)9)25-43(59(45)77-61(47)49)52(70)41(23-33)57(39)75-19/h21-32H,1-20H3. The molecule has 10 heteroatoms. The van der Waals surface area contributed by atoms with E-state index < -0.39 is 65.1 Å². The van der Waals surface area contributed by atoms with Crippen molar-refractivity contribution in [2.75, 3.05) is 14.2 Å². The number of hydrogen-bond donors (Lipinski definition) is 0. The predicted molar refractivity (Wildman–Crippen MR) is 323 cm³/mol. The van der Waals surface area contributed by atoms with Crippen molar-refractivity contribution in [1.29, 1.82) is 0 Å². The lowest BCUT2D eigenvalue weighted by molar-refractivity contribution is 0.422. The highest BCUT2D eigenvalue weighted by molar-refractivity contribution is 6.08. The normalized spacial score (nSPS) is 13.2. The van der Waals surface area contributed by atoms with Crippen LogP contribution in [0, 0.1) is 0 Å². The number of rotatable bonds is 2. The Hall–Kier alpha value is -7.46. The molecular weight excluding hydrogens is 977 g/mol. The maximum atomic E-state index is 16.2. The first-order valence-corrected chi connectivity index (χ1v) is 26.7. The van der Waals surface area contributed by atoms with Crippen LogP contribution in [0.3, 0.4) is 0 Å². The van der Waals surface area contributed by atoms with Gasteiger partial charge in [0.1, 0.15) is 33.8 Å². The van der Waals surface area contributed by atoms with Crippen LogP contribution in [0.15, 0.2) is 110 Å². The Morgan fingerprint density at radius 1 is 0.244 bits per heavy atom. The van der Waals surface area contributed by atoms with Gasteiger partial charge in [0.05, 0.1) is 78.9 Å². The Kier molecular flexibility index (Phi) is 12.8. The van der Waals surface area contributed by atoms with Crippen LogP contribution in [0.1, 0.15) is 158 Å². The molecule has 0 atom stereocenters. The van der Waals surface area contributed by atoms with E-state index in [0.29, 0.717) is 33.4 Å². The van der Waals surface area contributed by atoms with Gasteiger partial charge in [-0.05, 0) is 139 Å². The molecule has 0 saturated heterocycles. The Balaban J connectivity index is 1.79. The van der Waals surface area contributed by atoms with Gasteiger partial charge in [-0.3, -0.25) is 28.8 Å². The predicted octanol–water partition coefficient (Wildman–Crippen LogP) is 14.6. The van der Waals surface area contributed by atoms with E-state index in [1.165, 1.54) is 14.2 Å². The van der Waals surface area contributed by atoms with Gasteiger partial charge in [-0.15, -0.1) is 0 Å². The van der Waals surface area contributed by atoms with Crippen LogP contribution in [-0.2, 0) is 32.5 Å². The minimum Gasteiger partial charge on any atom is -0.495 e. The van der Waals surface area contributed by atoms with Gasteiger partial charge in [-0.1, -0.05) is 125 Å². The van der Waals surface area contributed by atoms with Gasteiger partial charge < -0.3 is 18.3 Å². The molecule has 0 N–H and O–H groups in total. The molecule has 0 aliphatic rings. The summed E-state index contributed by atoms with van der Waals surface area (Å²) in [5, 5.41) is 0.559. The molecule has 0 fully saturated rings. The van der Waals surface area contributed by atoms with Crippen molar-refractivity contribution in [1.82, 2.24) is 0 Å². The summed E-state index contributed by atoms with van der Waals surface area (Å²) in [4.78, 5) is 95.2. The van der Waals surface area contributed by atoms with Crippen molar-refractivity contribution in [2.45, 2.75) is 157 Å². The van der Waals surface area contributed by atoms with Crippen molar-refractivity contribution < 1.29 is 18.3 Å². The maximum absolute atomic E-state index is 16.2. The summed E-state index contributed by atoms with van der Waals surface area (Å²) in [6.45, 7) is 35.6. The molecule has 0 aliphatic carbocycles. The van der Waals surface area contributed by atoms with Crippen molar-refractivity contribution >= 4 is 87.0 Å². The van der Waals surface area contributed by atoms with Gasteiger partial charge in [0.15, 0.2) is 0 Å².